The van der Waals surface area contributed by atoms with Crippen LogP contribution in [0.4, 0.5) is 8.78 Å². The Morgan fingerprint density at radius 3 is 2.71 bits per heavy atom. The van der Waals surface area contributed by atoms with Gasteiger partial charge in [-0.25, -0.2) is 13.8 Å². The fourth-order valence-corrected chi connectivity index (χ4v) is 1.35. The van der Waals surface area contributed by atoms with E-state index in [1.165, 1.54) is 6.07 Å². The lowest BCUT2D eigenvalue weighted by molar-refractivity contribution is 0.141. The summed E-state index contributed by atoms with van der Waals surface area (Å²) in [6.07, 6.45) is -2.89. The minimum Gasteiger partial charge on any atom is -0.505 e. The van der Waals surface area contributed by atoms with E-state index in [9.17, 15) is 13.9 Å². The van der Waals surface area contributed by atoms with Gasteiger partial charge in [-0.05, 0) is 6.07 Å². The van der Waals surface area contributed by atoms with Crippen LogP contribution in [0.25, 0.3) is 0 Å². The third kappa shape index (κ3) is 1.99. The van der Waals surface area contributed by atoms with Crippen molar-refractivity contribution in [3.8, 4) is 11.8 Å². The Labute approximate surface area is 87.1 Å². The van der Waals surface area contributed by atoms with Crippen LogP contribution >= 0.6 is 15.9 Å². The largest absolute Gasteiger partial charge is 0.505 e. The van der Waals surface area contributed by atoms with Crippen molar-refractivity contribution in [2.45, 2.75) is 11.8 Å². The van der Waals surface area contributed by atoms with E-state index in [2.05, 4.69) is 20.9 Å². The Bertz CT molecular complexity index is 390. The summed E-state index contributed by atoms with van der Waals surface area (Å²) in [5.74, 6) is -0.559. The molecule has 0 saturated carbocycles. The van der Waals surface area contributed by atoms with Gasteiger partial charge in [-0.3, -0.25) is 0 Å². The van der Waals surface area contributed by atoms with Gasteiger partial charge in [0.25, 0.3) is 6.43 Å². The van der Waals surface area contributed by atoms with Gasteiger partial charge < -0.3 is 5.11 Å². The molecule has 0 aliphatic rings. The Hall–Kier alpha value is -1.22. The number of aromatic hydroxyl groups is 1. The van der Waals surface area contributed by atoms with E-state index in [1.807, 2.05) is 0 Å². The number of rotatable bonds is 2. The van der Waals surface area contributed by atoms with E-state index in [0.29, 0.717) is 0 Å². The zero-order valence-electron chi connectivity index (χ0n) is 6.84. The summed E-state index contributed by atoms with van der Waals surface area (Å²) < 4.78 is 24.6. The molecule has 1 rings (SSSR count). The number of alkyl halides is 3. The van der Waals surface area contributed by atoms with Crippen LogP contribution in [0.5, 0.6) is 5.75 Å². The predicted octanol–water partition coefficient (Wildman–Crippen LogP) is 2.49. The predicted molar refractivity (Wildman–Crippen MR) is 48.2 cm³/mol. The van der Waals surface area contributed by atoms with Crippen molar-refractivity contribution < 1.29 is 13.9 Å². The minimum atomic E-state index is -2.89. The summed E-state index contributed by atoms with van der Waals surface area (Å²) in [5, 5.41) is 18.0. The second-order valence-corrected chi connectivity index (χ2v) is 3.01. The van der Waals surface area contributed by atoms with Crippen LogP contribution in [0.15, 0.2) is 6.07 Å². The van der Waals surface area contributed by atoms with Crippen molar-refractivity contribution in [2.24, 2.45) is 0 Å². The van der Waals surface area contributed by atoms with Crippen LogP contribution < -0.4 is 0 Å². The van der Waals surface area contributed by atoms with E-state index in [4.69, 9.17) is 5.26 Å². The molecule has 1 aromatic rings. The Morgan fingerprint density at radius 1 is 1.64 bits per heavy atom. The van der Waals surface area contributed by atoms with Gasteiger partial charge in [0.1, 0.15) is 23.2 Å². The zero-order valence-corrected chi connectivity index (χ0v) is 8.42. The molecule has 0 unspecified atom stereocenters. The van der Waals surface area contributed by atoms with Crippen molar-refractivity contribution >= 4 is 15.9 Å². The summed E-state index contributed by atoms with van der Waals surface area (Å²) in [6, 6.07) is 2.91. The molecule has 74 valence electrons. The van der Waals surface area contributed by atoms with Gasteiger partial charge in [0.2, 0.25) is 0 Å². The molecule has 1 heterocycles. The first-order chi connectivity index (χ1) is 6.60. The van der Waals surface area contributed by atoms with E-state index in [0.717, 1.165) is 0 Å². The number of nitriles is 1. The maximum Gasteiger partial charge on any atom is 0.284 e. The van der Waals surface area contributed by atoms with Crippen LogP contribution in [0, 0.1) is 11.3 Å². The number of halogens is 3. The van der Waals surface area contributed by atoms with E-state index < -0.39 is 17.9 Å². The smallest absolute Gasteiger partial charge is 0.284 e. The molecule has 0 atom stereocenters. The van der Waals surface area contributed by atoms with Crippen LogP contribution in [0.2, 0.25) is 0 Å². The maximum atomic E-state index is 12.3. The maximum absolute atomic E-state index is 12.3. The fourth-order valence-electron chi connectivity index (χ4n) is 0.924. The molecule has 0 aliphatic heterocycles. The molecule has 0 fully saturated rings. The summed E-state index contributed by atoms with van der Waals surface area (Å²) in [5.41, 5.74) is -0.655. The molecule has 14 heavy (non-hydrogen) atoms. The molecule has 0 radical (unpaired) electrons. The van der Waals surface area contributed by atoms with Gasteiger partial charge in [-0.2, -0.15) is 5.26 Å². The van der Waals surface area contributed by atoms with Gasteiger partial charge in [0.15, 0.2) is 0 Å². The molecule has 0 amide bonds. The molecule has 0 spiro atoms. The third-order valence-corrected chi connectivity index (χ3v) is 2.17. The Kier molecular flexibility index (Phi) is 3.36. The molecule has 0 bridgehead atoms. The monoisotopic (exact) mass is 262 g/mol. The Morgan fingerprint density at radius 2 is 2.29 bits per heavy atom. The van der Waals surface area contributed by atoms with Crippen molar-refractivity contribution in [1.82, 2.24) is 4.98 Å². The SMILES string of the molecule is N#Cc1cc(CBr)c(O)c(C(F)F)n1. The third-order valence-electron chi connectivity index (χ3n) is 1.56. The van der Waals surface area contributed by atoms with E-state index in [1.54, 1.807) is 6.07 Å². The Balaban J connectivity index is 3.36. The number of nitrogens with zero attached hydrogens (tertiary/aromatic N) is 2. The molecular formula is C8H5BrF2N2O. The lowest BCUT2D eigenvalue weighted by Gasteiger charge is -2.06. The lowest BCUT2D eigenvalue weighted by atomic mass is 10.2. The second kappa shape index (κ2) is 4.33. The standard InChI is InChI=1S/C8H5BrF2N2O/c9-2-4-1-5(3-12)13-6(7(4)14)8(10)11/h1,8,14H,2H2. The number of aromatic nitrogens is 1. The number of hydrogen-bond donors (Lipinski definition) is 1. The lowest BCUT2D eigenvalue weighted by Crippen LogP contribution is -1.97. The van der Waals surface area contributed by atoms with Crippen molar-refractivity contribution in [3.05, 3.63) is 23.0 Å². The average molecular weight is 263 g/mol. The van der Waals surface area contributed by atoms with Crippen molar-refractivity contribution in [3.63, 3.8) is 0 Å². The molecule has 1 aromatic heterocycles. The first-order valence-electron chi connectivity index (χ1n) is 3.57. The molecule has 6 heteroatoms. The minimum absolute atomic E-state index is 0.132. The van der Waals surface area contributed by atoms with Crippen LogP contribution in [0.1, 0.15) is 23.4 Å². The summed E-state index contributed by atoms with van der Waals surface area (Å²) in [7, 11) is 0. The number of pyridine rings is 1. The first-order valence-corrected chi connectivity index (χ1v) is 4.69. The average Bonchev–Trinajstić information content (AvgIpc) is 2.17. The highest BCUT2D eigenvalue weighted by molar-refractivity contribution is 9.08. The second-order valence-electron chi connectivity index (χ2n) is 2.45. The van der Waals surface area contributed by atoms with Gasteiger partial charge >= 0.3 is 0 Å². The number of hydrogen-bond acceptors (Lipinski definition) is 3. The summed E-state index contributed by atoms with van der Waals surface area (Å²) >= 11 is 3.01. The van der Waals surface area contributed by atoms with Gasteiger partial charge in [0.05, 0.1) is 0 Å². The van der Waals surface area contributed by atoms with Gasteiger partial charge in [-0.1, -0.05) is 15.9 Å². The van der Waals surface area contributed by atoms with E-state index >= 15 is 0 Å². The summed E-state index contributed by atoms with van der Waals surface area (Å²) in [4.78, 5) is 3.32. The molecule has 0 aromatic carbocycles. The molecule has 1 N–H and O–H groups in total. The van der Waals surface area contributed by atoms with Crippen LogP contribution in [-0.4, -0.2) is 10.1 Å². The molecule has 0 saturated heterocycles. The summed E-state index contributed by atoms with van der Waals surface area (Å²) in [6.45, 7) is 0. The highest BCUT2D eigenvalue weighted by atomic mass is 79.9. The van der Waals surface area contributed by atoms with Crippen LogP contribution in [0.3, 0.4) is 0 Å². The highest BCUT2D eigenvalue weighted by Gasteiger charge is 2.18. The van der Waals surface area contributed by atoms with Crippen molar-refractivity contribution in [2.75, 3.05) is 0 Å². The molecular weight excluding hydrogens is 258 g/mol. The van der Waals surface area contributed by atoms with Crippen molar-refractivity contribution in [1.29, 1.82) is 5.26 Å². The first kappa shape index (κ1) is 10.9. The quantitative estimate of drug-likeness (QED) is 0.834. The normalized spacial score (nSPS) is 10.2. The fraction of sp³-hybridized carbons (Fsp3) is 0.250. The van der Waals surface area contributed by atoms with Crippen LogP contribution in [-0.2, 0) is 5.33 Å². The molecule has 3 nitrogen and oxygen atoms in total. The topological polar surface area (TPSA) is 56.9 Å². The highest BCUT2D eigenvalue weighted by Crippen LogP contribution is 2.30. The van der Waals surface area contributed by atoms with Gasteiger partial charge in [-0.15, -0.1) is 0 Å². The molecule has 0 aliphatic carbocycles. The van der Waals surface area contributed by atoms with Gasteiger partial charge in [0, 0.05) is 10.9 Å². The zero-order chi connectivity index (χ0) is 10.7. The van der Waals surface area contributed by atoms with E-state index in [-0.39, 0.29) is 16.6 Å².